The lowest BCUT2D eigenvalue weighted by Gasteiger charge is -2.38. The zero-order chi connectivity index (χ0) is 14.4. The molecule has 2 rings (SSSR count). The van der Waals surface area contributed by atoms with Gasteiger partial charge in [0.2, 0.25) is 5.91 Å². The number of rotatable bonds is 8. The lowest BCUT2D eigenvalue weighted by molar-refractivity contribution is -0.134. The maximum absolute atomic E-state index is 12.5. The number of hydrogen-bond donors (Lipinski definition) is 1. The standard InChI is InChI=1S/C17H32N2O/c1-3-5-6-7-8-17(20)19(11-4-2)16-12-14-9-10-15(13-16)18-14/h14-16,18H,3-13H2,1-2H3. The molecule has 0 saturated carbocycles. The summed E-state index contributed by atoms with van der Waals surface area (Å²) in [5, 5.41) is 3.68. The van der Waals surface area contributed by atoms with E-state index >= 15 is 0 Å². The normalized spacial score (nSPS) is 28.6. The van der Waals surface area contributed by atoms with E-state index in [4.69, 9.17) is 0 Å². The van der Waals surface area contributed by atoms with Crippen molar-refractivity contribution in [3.05, 3.63) is 0 Å². The Morgan fingerprint density at radius 1 is 1.05 bits per heavy atom. The van der Waals surface area contributed by atoms with Gasteiger partial charge in [-0.25, -0.2) is 0 Å². The van der Waals surface area contributed by atoms with Crippen LogP contribution in [0.4, 0.5) is 0 Å². The van der Waals surface area contributed by atoms with Gasteiger partial charge in [-0.3, -0.25) is 4.79 Å². The van der Waals surface area contributed by atoms with E-state index in [0.717, 1.165) is 25.8 Å². The van der Waals surface area contributed by atoms with E-state index in [-0.39, 0.29) is 0 Å². The van der Waals surface area contributed by atoms with E-state index in [2.05, 4.69) is 24.1 Å². The first-order valence-corrected chi connectivity index (χ1v) is 8.80. The van der Waals surface area contributed by atoms with Crippen molar-refractivity contribution in [2.24, 2.45) is 0 Å². The Balaban J connectivity index is 1.84. The monoisotopic (exact) mass is 280 g/mol. The molecular formula is C17H32N2O. The second kappa shape index (κ2) is 8.02. The highest BCUT2D eigenvalue weighted by atomic mass is 16.2. The van der Waals surface area contributed by atoms with Crippen LogP contribution in [0.3, 0.4) is 0 Å². The van der Waals surface area contributed by atoms with Crippen molar-refractivity contribution in [3.63, 3.8) is 0 Å². The summed E-state index contributed by atoms with van der Waals surface area (Å²) >= 11 is 0. The van der Waals surface area contributed by atoms with Crippen molar-refractivity contribution in [2.75, 3.05) is 6.54 Å². The van der Waals surface area contributed by atoms with Crippen LogP contribution in [0.1, 0.15) is 78.1 Å². The van der Waals surface area contributed by atoms with Crippen molar-refractivity contribution in [1.29, 1.82) is 0 Å². The number of piperidine rings is 1. The third kappa shape index (κ3) is 4.21. The number of amides is 1. The first kappa shape index (κ1) is 15.8. The molecule has 116 valence electrons. The number of carbonyl (C=O) groups is 1. The van der Waals surface area contributed by atoms with Crippen LogP contribution in [0.25, 0.3) is 0 Å². The highest BCUT2D eigenvalue weighted by Crippen LogP contribution is 2.30. The molecule has 20 heavy (non-hydrogen) atoms. The second-order valence-electron chi connectivity index (χ2n) is 6.66. The minimum Gasteiger partial charge on any atom is -0.340 e. The largest absolute Gasteiger partial charge is 0.340 e. The molecule has 0 aromatic heterocycles. The highest BCUT2D eigenvalue weighted by Gasteiger charge is 2.37. The van der Waals surface area contributed by atoms with E-state index in [0.29, 0.717) is 24.0 Å². The molecule has 1 amide bonds. The molecule has 0 aliphatic carbocycles. The second-order valence-corrected chi connectivity index (χ2v) is 6.66. The number of fused-ring (bicyclic) bond motifs is 2. The van der Waals surface area contributed by atoms with Gasteiger partial charge in [0, 0.05) is 31.1 Å². The van der Waals surface area contributed by atoms with Crippen LogP contribution in [0, 0.1) is 0 Å². The van der Waals surface area contributed by atoms with Crippen LogP contribution in [0.2, 0.25) is 0 Å². The smallest absolute Gasteiger partial charge is 0.222 e. The predicted octanol–water partition coefficient (Wildman–Crippen LogP) is 3.48. The van der Waals surface area contributed by atoms with Gasteiger partial charge in [0.1, 0.15) is 0 Å². The average Bonchev–Trinajstić information content (AvgIpc) is 2.79. The molecule has 0 aromatic rings. The Kier molecular flexibility index (Phi) is 6.34. The van der Waals surface area contributed by atoms with Gasteiger partial charge in [-0.05, 0) is 38.5 Å². The predicted molar refractivity (Wildman–Crippen MR) is 83.7 cm³/mol. The van der Waals surface area contributed by atoms with Crippen molar-refractivity contribution in [3.8, 4) is 0 Å². The Bertz CT molecular complexity index is 293. The third-order valence-electron chi connectivity index (χ3n) is 4.92. The topological polar surface area (TPSA) is 32.3 Å². The molecule has 0 radical (unpaired) electrons. The lowest BCUT2D eigenvalue weighted by Crippen LogP contribution is -2.50. The molecule has 3 nitrogen and oxygen atoms in total. The number of carbonyl (C=O) groups excluding carboxylic acids is 1. The Hall–Kier alpha value is -0.570. The fraction of sp³-hybridized carbons (Fsp3) is 0.941. The van der Waals surface area contributed by atoms with Crippen LogP contribution >= 0.6 is 0 Å². The molecule has 2 heterocycles. The molecule has 2 bridgehead atoms. The molecule has 2 fully saturated rings. The molecule has 0 spiro atoms. The minimum absolute atomic E-state index is 0.411. The summed E-state index contributed by atoms with van der Waals surface area (Å²) in [5.74, 6) is 0.411. The molecule has 0 aromatic carbocycles. The quantitative estimate of drug-likeness (QED) is 0.690. The van der Waals surface area contributed by atoms with Gasteiger partial charge in [-0.15, -0.1) is 0 Å². The van der Waals surface area contributed by atoms with Crippen LogP contribution in [-0.2, 0) is 4.79 Å². The van der Waals surface area contributed by atoms with E-state index in [1.54, 1.807) is 0 Å². The van der Waals surface area contributed by atoms with Gasteiger partial charge in [-0.1, -0.05) is 33.1 Å². The van der Waals surface area contributed by atoms with Crippen LogP contribution < -0.4 is 5.32 Å². The van der Waals surface area contributed by atoms with Gasteiger partial charge in [0.05, 0.1) is 0 Å². The SMILES string of the molecule is CCCCCCC(=O)N(CCC)C1CC2CCC(C1)N2. The van der Waals surface area contributed by atoms with E-state index in [1.165, 1.54) is 44.9 Å². The van der Waals surface area contributed by atoms with Gasteiger partial charge in [0.25, 0.3) is 0 Å². The van der Waals surface area contributed by atoms with Gasteiger partial charge < -0.3 is 10.2 Å². The Morgan fingerprint density at radius 2 is 1.75 bits per heavy atom. The van der Waals surface area contributed by atoms with Crippen LogP contribution in [-0.4, -0.2) is 35.5 Å². The fourth-order valence-electron chi connectivity index (χ4n) is 3.88. The van der Waals surface area contributed by atoms with Gasteiger partial charge >= 0.3 is 0 Å². The zero-order valence-electron chi connectivity index (χ0n) is 13.4. The summed E-state index contributed by atoms with van der Waals surface area (Å²) in [6.45, 7) is 5.36. The maximum atomic E-state index is 12.5. The van der Waals surface area contributed by atoms with Gasteiger partial charge in [-0.2, -0.15) is 0 Å². The molecule has 2 atom stereocenters. The van der Waals surface area contributed by atoms with E-state index in [9.17, 15) is 4.79 Å². The van der Waals surface area contributed by atoms with Crippen molar-refractivity contribution in [1.82, 2.24) is 10.2 Å². The van der Waals surface area contributed by atoms with Gasteiger partial charge in [0.15, 0.2) is 0 Å². The molecule has 2 aliphatic heterocycles. The van der Waals surface area contributed by atoms with E-state index in [1.807, 2.05) is 0 Å². The molecule has 2 saturated heterocycles. The Labute approximate surface area is 124 Å². The Morgan fingerprint density at radius 3 is 2.35 bits per heavy atom. The summed E-state index contributed by atoms with van der Waals surface area (Å²) < 4.78 is 0. The number of nitrogens with one attached hydrogen (secondary N) is 1. The zero-order valence-corrected chi connectivity index (χ0v) is 13.4. The van der Waals surface area contributed by atoms with Crippen molar-refractivity contribution < 1.29 is 4.79 Å². The summed E-state index contributed by atoms with van der Waals surface area (Å²) in [6.07, 6.45) is 11.6. The summed E-state index contributed by atoms with van der Waals surface area (Å²) in [4.78, 5) is 14.8. The van der Waals surface area contributed by atoms with E-state index < -0.39 is 0 Å². The molecule has 2 aliphatic rings. The van der Waals surface area contributed by atoms with Crippen LogP contribution in [0.15, 0.2) is 0 Å². The first-order chi connectivity index (χ1) is 9.74. The average molecular weight is 280 g/mol. The molecule has 2 unspecified atom stereocenters. The lowest BCUT2D eigenvalue weighted by atomic mass is 9.97. The number of unbranched alkanes of at least 4 members (excludes halogenated alkanes) is 3. The van der Waals surface area contributed by atoms with Crippen LogP contribution in [0.5, 0.6) is 0 Å². The summed E-state index contributed by atoms with van der Waals surface area (Å²) in [7, 11) is 0. The molecular weight excluding hydrogens is 248 g/mol. The highest BCUT2D eigenvalue weighted by molar-refractivity contribution is 5.76. The molecule has 3 heteroatoms. The maximum Gasteiger partial charge on any atom is 0.222 e. The number of hydrogen-bond acceptors (Lipinski definition) is 2. The summed E-state index contributed by atoms with van der Waals surface area (Å²) in [5.41, 5.74) is 0. The molecule has 1 N–H and O–H groups in total. The third-order valence-corrected chi connectivity index (χ3v) is 4.92. The van der Waals surface area contributed by atoms with Crippen molar-refractivity contribution in [2.45, 2.75) is 96.2 Å². The summed E-state index contributed by atoms with van der Waals surface area (Å²) in [6, 6.07) is 1.85. The van der Waals surface area contributed by atoms with Crippen molar-refractivity contribution >= 4 is 5.91 Å². The number of nitrogens with zero attached hydrogens (tertiary/aromatic N) is 1. The minimum atomic E-state index is 0.411. The fourth-order valence-corrected chi connectivity index (χ4v) is 3.88. The first-order valence-electron chi connectivity index (χ1n) is 8.80.